The van der Waals surface area contributed by atoms with Gasteiger partial charge in [-0.1, -0.05) is 17.4 Å². The van der Waals surface area contributed by atoms with Gasteiger partial charge in [-0.15, -0.1) is 0 Å². The third-order valence-corrected chi connectivity index (χ3v) is 4.81. The molecule has 3 rings (SSSR count). The summed E-state index contributed by atoms with van der Waals surface area (Å²) in [5.74, 6) is -0.730. The van der Waals surface area contributed by atoms with Gasteiger partial charge in [0, 0.05) is 12.6 Å². The maximum absolute atomic E-state index is 12.9. The van der Waals surface area contributed by atoms with Gasteiger partial charge in [0.25, 0.3) is 5.91 Å². The van der Waals surface area contributed by atoms with Crippen molar-refractivity contribution in [1.29, 1.82) is 0 Å². The van der Waals surface area contributed by atoms with E-state index in [-0.39, 0.29) is 11.7 Å². The van der Waals surface area contributed by atoms with E-state index in [2.05, 4.69) is 24.0 Å². The second-order valence-corrected chi connectivity index (χ2v) is 6.28. The van der Waals surface area contributed by atoms with Crippen LogP contribution in [0.1, 0.15) is 21.5 Å². The Morgan fingerprint density at radius 2 is 1.86 bits per heavy atom. The molecule has 0 fully saturated rings. The van der Waals surface area contributed by atoms with Gasteiger partial charge in [0.15, 0.2) is 4.80 Å². The topological polar surface area (TPSA) is 34.4 Å². The molecule has 0 atom stereocenters. The molecule has 1 heterocycles. The molecule has 2 aromatic carbocycles. The zero-order valence-corrected chi connectivity index (χ0v) is 13.4. The number of nitrogens with zero attached hydrogens (tertiary/aromatic N) is 2. The maximum atomic E-state index is 12.9. The molecule has 0 unspecified atom stereocenters. The van der Waals surface area contributed by atoms with Gasteiger partial charge in [-0.25, -0.2) is 4.39 Å². The number of hydrogen-bond acceptors (Lipinski definition) is 2. The third kappa shape index (κ3) is 2.60. The standard InChI is InChI=1S/C17H15FN2OS/c1-10-8-11(2)15-14(9-10)20(3)17(22-15)19-16(21)12-4-6-13(18)7-5-12/h4-9H,1-3H3. The van der Waals surface area contributed by atoms with Gasteiger partial charge < -0.3 is 4.57 Å². The number of carbonyl (C=O) groups excluding carboxylic acids is 1. The first kappa shape index (κ1) is 14.7. The summed E-state index contributed by atoms with van der Waals surface area (Å²) in [7, 11) is 1.90. The van der Waals surface area contributed by atoms with E-state index in [1.165, 1.54) is 46.7 Å². The number of rotatable bonds is 1. The van der Waals surface area contributed by atoms with Crippen molar-refractivity contribution in [2.24, 2.45) is 12.0 Å². The van der Waals surface area contributed by atoms with E-state index in [9.17, 15) is 9.18 Å². The van der Waals surface area contributed by atoms with E-state index < -0.39 is 0 Å². The number of halogens is 1. The smallest absolute Gasteiger partial charge is 0.279 e. The number of amides is 1. The van der Waals surface area contributed by atoms with Gasteiger partial charge in [-0.2, -0.15) is 4.99 Å². The van der Waals surface area contributed by atoms with Crippen LogP contribution in [0.5, 0.6) is 0 Å². The summed E-state index contributed by atoms with van der Waals surface area (Å²) in [6.45, 7) is 4.10. The van der Waals surface area contributed by atoms with E-state index in [4.69, 9.17) is 0 Å². The molecule has 0 saturated heterocycles. The zero-order valence-electron chi connectivity index (χ0n) is 12.6. The van der Waals surface area contributed by atoms with Gasteiger partial charge in [-0.05, 0) is 55.3 Å². The summed E-state index contributed by atoms with van der Waals surface area (Å²) in [5, 5.41) is 0. The fourth-order valence-corrected chi connectivity index (χ4v) is 3.49. The molecule has 3 aromatic rings. The average Bonchev–Trinajstić information content (AvgIpc) is 2.77. The Balaban J connectivity index is 2.13. The number of benzene rings is 2. The number of hydrogen-bond donors (Lipinski definition) is 0. The Morgan fingerprint density at radius 3 is 2.55 bits per heavy atom. The van der Waals surface area contributed by atoms with E-state index >= 15 is 0 Å². The highest BCUT2D eigenvalue weighted by Crippen LogP contribution is 2.22. The van der Waals surface area contributed by atoms with Crippen LogP contribution in [0.25, 0.3) is 10.2 Å². The molecule has 0 saturated carbocycles. The van der Waals surface area contributed by atoms with Crippen molar-refractivity contribution in [3.05, 3.63) is 63.7 Å². The van der Waals surface area contributed by atoms with Crippen LogP contribution in [-0.2, 0) is 7.05 Å². The Bertz CT molecular complexity index is 936. The van der Waals surface area contributed by atoms with Gasteiger partial charge in [0.2, 0.25) is 0 Å². The summed E-state index contributed by atoms with van der Waals surface area (Å²) < 4.78 is 16.0. The highest BCUT2D eigenvalue weighted by atomic mass is 32.1. The fourth-order valence-electron chi connectivity index (χ4n) is 2.42. The molecule has 0 radical (unpaired) electrons. The lowest BCUT2D eigenvalue weighted by Crippen LogP contribution is -2.13. The summed E-state index contributed by atoms with van der Waals surface area (Å²) >= 11 is 1.49. The first-order valence-electron chi connectivity index (χ1n) is 6.87. The highest BCUT2D eigenvalue weighted by molar-refractivity contribution is 7.16. The van der Waals surface area contributed by atoms with Crippen LogP contribution in [0.3, 0.4) is 0 Å². The maximum Gasteiger partial charge on any atom is 0.279 e. The highest BCUT2D eigenvalue weighted by Gasteiger charge is 2.09. The predicted octanol–water partition coefficient (Wildman–Crippen LogP) is 3.74. The van der Waals surface area contributed by atoms with Crippen LogP contribution in [-0.4, -0.2) is 10.5 Å². The number of thiazole rings is 1. The summed E-state index contributed by atoms with van der Waals surface area (Å²) in [5.41, 5.74) is 3.79. The molecule has 0 bridgehead atoms. The van der Waals surface area contributed by atoms with E-state index in [1.807, 2.05) is 18.5 Å². The van der Waals surface area contributed by atoms with Gasteiger partial charge >= 0.3 is 0 Å². The average molecular weight is 314 g/mol. The van der Waals surface area contributed by atoms with Crippen molar-refractivity contribution in [2.45, 2.75) is 13.8 Å². The minimum Gasteiger partial charge on any atom is -0.319 e. The minimum atomic E-state index is -0.366. The molecule has 112 valence electrons. The number of fused-ring (bicyclic) bond motifs is 1. The second-order valence-electron chi connectivity index (χ2n) is 5.30. The summed E-state index contributed by atoms with van der Waals surface area (Å²) in [6, 6.07) is 9.63. The monoisotopic (exact) mass is 314 g/mol. The molecular formula is C17H15FN2OS. The van der Waals surface area contributed by atoms with Gasteiger partial charge in [0.1, 0.15) is 5.82 Å². The van der Waals surface area contributed by atoms with Gasteiger partial charge in [0.05, 0.1) is 10.2 Å². The molecule has 1 amide bonds. The van der Waals surface area contributed by atoms with E-state index in [0.29, 0.717) is 10.4 Å². The van der Waals surface area contributed by atoms with Crippen LogP contribution in [0, 0.1) is 19.7 Å². The number of aromatic nitrogens is 1. The quantitative estimate of drug-likeness (QED) is 0.674. The molecule has 0 spiro atoms. The minimum absolute atomic E-state index is 0.364. The van der Waals surface area contributed by atoms with Crippen molar-refractivity contribution in [3.63, 3.8) is 0 Å². The van der Waals surface area contributed by atoms with Crippen LogP contribution < -0.4 is 4.80 Å². The first-order chi connectivity index (χ1) is 10.5. The molecule has 0 aliphatic carbocycles. The van der Waals surface area contributed by atoms with E-state index in [0.717, 1.165) is 10.2 Å². The van der Waals surface area contributed by atoms with Crippen LogP contribution in [0.4, 0.5) is 4.39 Å². The fraction of sp³-hybridized carbons (Fsp3) is 0.176. The summed E-state index contributed by atoms with van der Waals surface area (Å²) in [6.07, 6.45) is 0. The molecule has 5 heteroatoms. The lowest BCUT2D eigenvalue weighted by atomic mass is 10.1. The largest absolute Gasteiger partial charge is 0.319 e. The van der Waals surface area contributed by atoms with Crippen molar-refractivity contribution in [1.82, 2.24) is 4.57 Å². The SMILES string of the molecule is Cc1cc(C)c2sc(=NC(=O)c3ccc(F)cc3)n(C)c2c1. The normalized spacial score (nSPS) is 12.1. The Labute approximate surface area is 131 Å². The molecule has 22 heavy (non-hydrogen) atoms. The van der Waals surface area contributed by atoms with Crippen molar-refractivity contribution >= 4 is 27.5 Å². The number of aryl methyl sites for hydroxylation is 3. The molecular weight excluding hydrogens is 299 g/mol. The lowest BCUT2D eigenvalue weighted by molar-refractivity contribution is 0.0998. The van der Waals surface area contributed by atoms with Crippen LogP contribution in [0.2, 0.25) is 0 Å². The van der Waals surface area contributed by atoms with Crippen molar-refractivity contribution in [2.75, 3.05) is 0 Å². The third-order valence-electron chi connectivity index (χ3n) is 3.53. The Morgan fingerprint density at radius 1 is 1.18 bits per heavy atom. The molecule has 0 aliphatic rings. The summed E-state index contributed by atoms with van der Waals surface area (Å²) in [4.78, 5) is 17.0. The molecule has 1 aromatic heterocycles. The molecule has 0 N–H and O–H groups in total. The van der Waals surface area contributed by atoms with Gasteiger partial charge in [-0.3, -0.25) is 4.79 Å². The zero-order chi connectivity index (χ0) is 15.9. The lowest BCUT2D eigenvalue weighted by Gasteiger charge is -2.00. The predicted molar refractivity (Wildman–Crippen MR) is 86.6 cm³/mol. The first-order valence-corrected chi connectivity index (χ1v) is 7.69. The Hall–Kier alpha value is -2.27. The number of carbonyl (C=O) groups is 1. The molecule has 3 nitrogen and oxygen atoms in total. The molecule has 0 aliphatic heterocycles. The van der Waals surface area contributed by atoms with Crippen molar-refractivity contribution in [3.8, 4) is 0 Å². The Kier molecular flexibility index (Phi) is 3.66. The van der Waals surface area contributed by atoms with Crippen molar-refractivity contribution < 1.29 is 9.18 Å². The second kappa shape index (κ2) is 5.50. The van der Waals surface area contributed by atoms with E-state index in [1.54, 1.807) is 0 Å². The van der Waals surface area contributed by atoms with Crippen LogP contribution >= 0.6 is 11.3 Å². The van der Waals surface area contributed by atoms with Crippen LogP contribution in [0.15, 0.2) is 41.4 Å².